The van der Waals surface area contributed by atoms with Crippen LogP contribution >= 0.6 is 27.5 Å². The maximum atomic E-state index is 6.15. The van der Waals surface area contributed by atoms with Crippen LogP contribution in [0.3, 0.4) is 0 Å². The van der Waals surface area contributed by atoms with Gasteiger partial charge in [0.2, 0.25) is 0 Å². The molecule has 0 atom stereocenters. The van der Waals surface area contributed by atoms with E-state index in [9.17, 15) is 0 Å². The van der Waals surface area contributed by atoms with Gasteiger partial charge in [-0.3, -0.25) is 0 Å². The fourth-order valence-corrected chi connectivity index (χ4v) is 2.42. The lowest BCUT2D eigenvalue weighted by Crippen LogP contribution is -2.06. The van der Waals surface area contributed by atoms with Crippen LogP contribution in [0, 0.1) is 0 Å². The predicted octanol–water partition coefficient (Wildman–Crippen LogP) is 4.19. The van der Waals surface area contributed by atoms with Crippen molar-refractivity contribution in [1.29, 1.82) is 0 Å². The molecule has 6 heteroatoms. The lowest BCUT2D eigenvalue weighted by atomic mass is 10.2. The van der Waals surface area contributed by atoms with Gasteiger partial charge in [0.1, 0.15) is 11.5 Å². The first-order valence-electron chi connectivity index (χ1n) is 5.96. The standard InChI is InChI=1S/C14H11BrClN3O/c15-13-6-5-12(20-13)11-7-14(17)19(18-11)8-9-3-1-2-4-10(9)16/h1-7H,8,17H2. The summed E-state index contributed by atoms with van der Waals surface area (Å²) in [5.41, 5.74) is 7.65. The average Bonchev–Trinajstić information content (AvgIpc) is 2.99. The van der Waals surface area contributed by atoms with Crippen molar-refractivity contribution >= 4 is 33.3 Å². The smallest absolute Gasteiger partial charge is 0.169 e. The SMILES string of the molecule is Nc1cc(-c2ccc(Br)o2)nn1Cc1ccccc1Cl. The Labute approximate surface area is 129 Å². The van der Waals surface area contributed by atoms with Gasteiger partial charge in [0.15, 0.2) is 10.4 Å². The molecule has 0 fully saturated rings. The first kappa shape index (κ1) is 13.3. The summed E-state index contributed by atoms with van der Waals surface area (Å²) in [5, 5.41) is 5.15. The molecule has 2 heterocycles. The van der Waals surface area contributed by atoms with E-state index in [2.05, 4.69) is 21.0 Å². The summed E-state index contributed by atoms with van der Waals surface area (Å²) in [7, 11) is 0. The second-order valence-corrected chi connectivity index (χ2v) is 5.50. The third-order valence-corrected chi connectivity index (χ3v) is 3.71. The molecule has 0 saturated carbocycles. The van der Waals surface area contributed by atoms with E-state index in [1.54, 1.807) is 10.7 Å². The van der Waals surface area contributed by atoms with Crippen LogP contribution in [0.25, 0.3) is 11.5 Å². The molecule has 4 nitrogen and oxygen atoms in total. The van der Waals surface area contributed by atoms with Crippen molar-refractivity contribution in [2.45, 2.75) is 6.54 Å². The Balaban J connectivity index is 1.92. The quantitative estimate of drug-likeness (QED) is 0.769. The van der Waals surface area contributed by atoms with Crippen LogP contribution in [0.2, 0.25) is 5.02 Å². The normalized spacial score (nSPS) is 10.9. The molecular formula is C14H11BrClN3O. The number of aromatic nitrogens is 2. The number of benzene rings is 1. The van der Waals surface area contributed by atoms with Crippen molar-refractivity contribution in [2.75, 3.05) is 5.73 Å². The zero-order chi connectivity index (χ0) is 14.1. The molecule has 0 unspecified atom stereocenters. The largest absolute Gasteiger partial charge is 0.448 e. The van der Waals surface area contributed by atoms with Gasteiger partial charge in [-0.15, -0.1) is 0 Å². The Morgan fingerprint density at radius 1 is 1.25 bits per heavy atom. The van der Waals surface area contributed by atoms with Crippen LogP contribution in [0.4, 0.5) is 5.82 Å². The second-order valence-electron chi connectivity index (χ2n) is 4.31. The molecule has 0 amide bonds. The van der Waals surface area contributed by atoms with E-state index >= 15 is 0 Å². The number of nitrogens with two attached hydrogens (primary N) is 1. The minimum atomic E-state index is 0.521. The van der Waals surface area contributed by atoms with E-state index in [0.29, 0.717) is 33.5 Å². The van der Waals surface area contributed by atoms with Crippen LogP contribution in [0.5, 0.6) is 0 Å². The molecule has 2 N–H and O–H groups in total. The van der Waals surface area contributed by atoms with Crippen molar-refractivity contribution in [2.24, 2.45) is 0 Å². The molecule has 102 valence electrons. The summed E-state index contributed by atoms with van der Waals surface area (Å²) in [4.78, 5) is 0. The number of nitrogen functional groups attached to an aromatic ring is 1. The van der Waals surface area contributed by atoms with E-state index < -0.39 is 0 Å². The van der Waals surface area contributed by atoms with E-state index in [-0.39, 0.29) is 0 Å². The molecule has 1 aromatic carbocycles. The number of halogens is 2. The summed E-state index contributed by atoms with van der Waals surface area (Å²) in [6, 6.07) is 13.1. The summed E-state index contributed by atoms with van der Waals surface area (Å²) in [5.74, 6) is 1.23. The minimum Gasteiger partial charge on any atom is -0.448 e. The van der Waals surface area contributed by atoms with E-state index in [1.165, 1.54) is 0 Å². The molecule has 0 spiro atoms. The van der Waals surface area contributed by atoms with Gasteiger partial charge in [0.25, 0.3) is 0 Å². The molecule has 0 saturated heterocycles. The van der Waals surface area contributed by atoms with Crippen molar-refractivity contribution in [1.82, 2.24) is 9.78 Å². The van der Waals surface area contributed by atoms with Crippen LogP contribution in [-0.2, 0) is 6.54 Å². The van der Waals surface area contributed by atoms with Crippen LogP contribution in [-0.4, -0.2) is 9.78 Å². The fourth-order valence-electron chi connectivity index (χ4n) is 1.92. The highest BCUT2D eigenvalue weighted by atomic mass is 79.9. The highest BCUT2D eigenvalue weighted by molar-refractivity contribution is 9.10. The molecular weight excluding hydrogens is 342 g/mol. The van der Waals surface area contributed by atoms with Crippen molar-refractivity contribution < 1.29 is 4.42 Å². The van der Waals surface area contributed by atoms with Crippen LogP contribution in [0.1, 0.15) is 5.56 Å². The first-order valence-corrected chi connectivity index (χ1v) is 7.13. The summed E-state index contributed by atoms with van der Waals surface area (Å²) < 4.78 is 7.83. The number of hydrogen-bond acceptors (Lipinski definition) is 3. The fraction of sp³-hybridized carbons (Fsp3) is 0.0714. The monoisotopic (exact) mass is 351 g/mol. The topological polar surface area (TPSA) is 57.0 Å². The number of hydrogen-bond donors (Lipinski definition) is 1. The molecule has 0 radical (unpaired) electrons. The van der Waals surface area contributed by atoms with Gasteiger partial charge in [-0.2, -0.15) is 5.10 Å². The van der Waals surface area contributed by atoms with Gasteiger partial charge < -0.3 is 10.2 Å². The predicted molar refractivity (Wildman–Crippen MR) is 82.6 cm³/mol. The maximum absolute atomic E-state index is 6.15. The number of nitrogens with zero attached hydrogens (tertiary/aromatic N) is 2. The van der Waals surface area contributed by atoms with Gasteiger partial charge in [-0.1, -0.05) is 29.8 Å². The van der Waals surface area contributed by atoms with Gasteiger partial charge in [-0.25, -0.2) is 4.68 Å². The summed E-state index contributed by atoms with van der Waals surface area (Å²) >= 11 is 9.42. The molecule has 2 aromatic heterocycles. The lowest BCUT2D eigenvalue weighted by molar-refractivity contribution is 0.551. The Hall–Kier alpha value is -1.72. The van der Waals surface area contributed by atoms with Crippen LogP contribution < -0.4 is 5.73 Å². The van der Waals surface area contributed by atoms with E-state index in [1.807, 2.05) is 36.4 Å². The minimum absolute atomic E-state index is 0.521. The maximum Gasteiger partial charge on any atom is 0.169 e. The van der Waals surface area contributed by atoms with Gasteiger partial charge >= 0.3 is 0 Å². The zero-order valence-corrected chi connectivity index (χ0v) is 12.7. The van der Waals surface area contributed by atoms with Crippen molar-refractivity contribution in [3.8, 4) is 11.5 Å². The molecule has 3 aromatic rings. The summed E-state index contributed by atoms with van der Waals surface area (Å²) in [6.45, 7) is 0.521. The van der Waals surface area contributed by atoms with E-state index in [4.69, 9.17) is 21.8 Å². The van der Waals surface area contributed by atoms with Crippen molar-refractivity contribution in [3.63, 3.8) is 0 Å². The van der Waals surface area contributed by atoms with E-state index in [0.717, 1.165) is 5.56 Å². The third-order valence-electron chi connectivity index (χ3n) is 2.91. The lowest BCUT2D eigenvalue weighted by Gasteiger charge is -2.05. The zero-order valence-electron chi connectivity index (χ0n) is 10.4. The Kier molecular flexibility index (Phi) is 3.54. The Morgan fingerprint density at radius 2 is 2.05 bits per heavy atom. The van der Waals surface area contributed by atoms with Gasteiger partial charge in [0.05, 0.1) is 6.54 Å². The second kappa shape index (κ2) is 5.34. The highest BCUT2D eigenvalue weighted by Crippen LogP contribution is 2.26. The third kappa shape index (κ3) is 2.59. The van der Waals surface area contributed by atoms with Crippen LogP contribution in [0.15, 0.2) is 51.6 Å². The van der Waals surface area contributed by atoms with Gasteiger partial charge in [-0.05, 0) is 39.7 Å². The Bertz CT molecular complexity index is 750. The highest BCUT2D eigenvalue weighted by Gasteiger charge is 2.11. The molecule has 20 heavy (non-hydrogen) atoms. The summed E-state index contributed by atoms with van der Waals surface area (Å²) in [6.07, 6.45) is 0. The number of rotatable bonds is 3. The first-order chi connectivity index (χ1) is 9.63. The van der Waals surface area contributed by atoms with Crippen molar-refractivity contribution in [3.05, 3.63) is 57.7 Å². The number of furan rings is 1. The molecule has 0 aliphatic carbocycles. The average molecular weight is 353 g/mol. The molecule has 0 aliphatic heterocycles. The molecule has 3 rings (SSSR count). The molecule has 0 aliphatic rings. The Morgan fingerprint density at radius 3 is 2.75 bits per heavy atom. The number of anilines is 1. The van der Waals surface area contributed by atoms with Gasteiger partial charge in [0, 0.05) is 11.1 Å². The molecule has 0 bridgehead atoms.